The third-order valence-electron chi connectivity index (χ3n) is 4.01. The topological polar surface area (TPSA) is 81.2 Å². The standard InChI is InChI=1S/C15H18N4O2/c16-8-11-4-3-7-19(11)14(20)9-18-10-17-13-6-2-1-5-12(13)15(18)21/h1-2,5-6,10-11H,3-4,7-9,16H2. The van der Waals surface area contributed by atoms with Crippen LogP contribution in [0.25, 0.3) is 10.9 Å². The van der Waals surface area contributed by atoms with E-state index < -0.39 is 0 Å². The molecule has 110 valence electrons. The number of hydrogen-bond donors (Lipinski definition) is 1. The van der Waals surface area contributed by atoms with Gasteiger partial charge in [-0.2, -0.15) is 0 Å². The number of nitrogens with two attached hydrogens (primary N) is 1. The van der Waals surface area contributed by atoms with Crippen molar-refractivity contribution in [2.24, 2.45) is 5.73 Å². The Labute approximate surface area is 122 Å². The van der Waals surface area contributed by atoms with Crippen LogP contribution in [0.2, 0.25) is 0 Å². The van der Waals surface area contributed by atoms with Crippen LogP contribution in [-0.2, 0) is 11.3 Å². The van der Waals surface area contributed by atoms with Gasteiger partial charge in [0.05, 0.1) is 17.2 Å². The highest BCUT2D eigenvalue weighted by molar-refractivity contribution is 5.79. The number of carbonyl (C=O) groups is 1. The number of likely N-dealkylation sites (tertiary alicyclic amines) is 1. The average molecular weight is 286 g/mol. The van der Waals surface area contributed by atoms with E-state index in [1.54, 1.807) is 23.1 Å². The third kappa shape index (κ3) is 2.54. The van der Waals surface area contributed by atoms with Crippen molar-refractivity contribution in [3.8, 4) is 0 Å². The van der Waals surface area contributed by atoms with Crippen LogP contribution < -0.4 is 11.3 Å². The zero-order valence-electron chi connectivity index (χ0n) is 11.7. The molecule has 1 aliphatic heterocycles. The molecule has 1 aromatic carbocycles. The Hall–Kier alpha value is -2.21. The lowest BCUT2D eigenvalue weighted by Gasteiger charge is -2.23. The number of nitrogens with zero attached hydrogens (tertiary/aromatic N) is 3. The molecular weight excluding hydrogens is 268 g/mol. The fraction of sp³-hybridized carbons (Fsp3) is 0.400. The summed E-state index contributed by atoms with van der Waals surface area (Å²) in [5.74, 6) is -0.0675. The lowest BCUT2D eigenvalue weighted by Crippen LogP contribution is -2.42. The molecule has 1 saturated heterocycles. The minimum Gasteiger partial charge on any atom is -0.337 e. The van der Waals surface area contributed by atoms with Crippen LogP contribution in [0.15, 0.2) is 35.4 Å². The average Bonchev–Trinajstić information content (AvgIpc) is 2.99. The number of amides is 1. The minimum absolute atomic E-state index is 0.0210. The maximum absolute atomic E-state index is 12.4. The van der Waals surface area contributed by atoms with Gasteiger partial charge in [-0.1, -0.05) is 12.1 Å². The van der Waals surface area contributed by atoms with Crippen molar-refractivity contribution in [3.63, 3.8) is 0 Å². The second kappa shape index (κ2) is 5.65. The Morgan fingerprint density at radius 2 is 2.19 bits per heavy atom. The molecule has 0 bridgehead atoms. The summed E-state index contributed by atoms with van der Waals surface area (Å²) in [6.07, 6.45) is 3.35. The molecule has 0 radical (unpaired) electrons. The van der Waals surface area contributed by atoms with Gasteiger partial charge in [-0.3, -0.25) is 14.2 Å². The van der Waals surface area contributed by atoms with Crippen LogP contribution in [0.5, 0.6) is 0 Å². The Bertz CT molecular complexity index is 725. The van der Waals surface area contributed by atoms with Crippen LogP contribution in [0, 0.1) is 0 Å². The van der Waals surface area contributed by atoms with Gasteiger partial charge in [0.1, 0.15) is 6.54 Å². The molecule has 2 aromatic rings. The molecule has 3 rings (SSSR count). The van der Waals surface area contributed by atoms with Crippen molar-refractivity contribution >= 4 is 16.8 Å². The van der Waals surface area contributed by atoms with Gasteiger partial charge in [0.15, 0.2) is 0 Å². The van der Waals surface area contributed by atoms with E-state index >= 15 is 0 Å². The van der Waals surface area contributed by atoms with E-state index in [0.29, 0.717) is 17.4 Å². The van der Waals surface area contributed by atoms with Crippen LogP contribution >= 0.6 is 0 Å². The quantitative estimate of drug-likeness (QED) is 0.882. The highest BCUT2D eigenvalue weighted by Gasteiger charge is 2.27. The highest BCUT2D eigenvalue weighted by atomic mass is 16.2. The molecule has 1 aromatic heterocycles. The SMILES string of the molecule is NCC1CCCN1C(=O)Cn1cnc2ccccc2c1=O. The van der Waals surface area contributed by atoms with Crippen molar-refractivity contribution in [1.29, 1.82) is 0 Å². The van der Waals surface area contributed by atoms with Gasteiger partial charge in [-0.25, -0.2) is 4.98 Å². The Morgan fingerprint density at radius 1 is 1.38 bits per heavy atom. The molecule has 1 amide bonds. The van der Waals surface area contributed by atoms with Gasteiger partial charge in [-0.05, 0) is 25.0 Å². The van der Waals surface area contributed by atoms with Crippen molar-refractivity contribution < 1.29 is 4.79 Å². The fourth-order valence-corrected chi connectivity index (χ4v) is 2.86. The number of carbonyl (C=O) groups excluding carboxylic acids is 1. The summed E-state index contributed by atoms with van der Waals surface area (Å²) < 4.78 is 1.37. The van der Waals surface area contributed by atoms with E-state index in [1.165, 1.54) is 10.9 Å². The second-order valence-corrected chi connectivity index (χ2v) is 5.31. The summed E-state index contributed by atoms with van der Waals surface area (Å²) in [6.45, 7) is 1.21. The number of rotatable bonds is 3. The van der Waals surface area contributed by atoms with Crippen LogP contribution in [0.1, 0.15) is 12.8 Å². The molecule has 6 heteroatoms. The number of para-hydroxylation sites is 1. The van der Waals surface area contributed by atoms with Gasteiger partial charge in [0, 0.05) is 19.1 Å². The molecule has 0 saturated carbocycles. The maximum Gasteiger partial charge on any atom is 0.261 e. The number of hydrogen-bond acceptors (Lipinski definition) is 4. The molecule has 21 heavy (non-hydrogen) atoms. The molecule has 0 aliphatic carbocycles. The molecule has 6 nitrogen and oxygen atoms in total. The molecule has 2 heterocycles. The number of fused-ring (bicyclic) bond motifs is 1. The first kappa shape index (κ1) is 13.8. The molecular formula is C15H18N4O2. The maximum atomic E-state index is 12.4. The molecule has 1 fully saturated rings. The van der Waals surface area contributed by atoms with E-state index in [9.17, 15) is 9.59 Å². The Balaban J connectivity index is 1.86. The highest BCUT2D eigenvalue weighted by Crippen LogP contribution is 2.16. The molecule has 1 atom stereocenters. The van der Waals surface area contributed by atoms with Crippen LogP contribution in [0.4, 0.5) is 0 Å². The van der Waals surface area contributed by atoms with E-state index in [4.69, 9.17) is 5.73 Å². The lowest BCUT2D eigenvalue weighted by molar-refractivity contribution is -0.132. The van der Waals surface area contributed by atoms with Crippen molar-refractivity contribution in [1.82, 2.24) is 14.5 Å². The molecule has 1 aliphatic rings. The first-order valence-electron chi connectivity index (χ1n) is 7.14. The van der Waals surface area contributed by atoms with E-state index in [1.807, 2.05) is 6.07 Å². The van der Waals surface area contributed by atoms with E-state index in [2.05, 4.69) is 4.98 Å². The summed E-state index contributed by atoms with van der Waals surface area (Å²) in [7, 11) is 0. The summed E-state index contributed by atoms with van der Waals surface area (Å²) in [5.41, 5.74) is 6.15. The smallest absolute Gasteiger partial charge is 0.261 e. The van der Waals surface area contributed by atoms with Gasteiger partial charge in [-0.15, -0.1) is 0 Å². The van der Waals surface area contributed by atoms with Crippen molar-refractivity contribution in [2.45, 2.75) is 25.4 Å². The van der Waals surface area contributed by atoms with Crippen LogP contribution in [0.3, 0.4) is 0 Å². The second-order valence-electron chi connectivity index (χ2n) is 5.31. The lowest BCUT2D eigenvalue weighted by atomic mass is 10.2. The predicted molar refractivity (Wildman–Crippen MR) is 79.8 cm³/mol. The Kier molecular flexibility index (Phi) is 3.70. The normalized spacial score (nSPS) is 18.3. The number of benzene rings is 1. The van der Waals surface area contributed by atoms with E-state index in [0.717, 1.165) is 19.4 Å². The summed E-state index contributed by atoms with van der Waals surface area (Å²) in [4.78, 5) is 30.7. The monoisotopic (exact) mass is 286 g/mol. The summed E-state index contributed by atoms with van der Waals surface area (Å²) >= 11 is 0. The summed E-state index contributed by atoms with van der Waals surface area (Å²) in [5, 5.41) is 0.532. The van der Waals surface area contributed by atoms with Crippen LogP contribution in [-0.4, -0.2) is 39.5 Å². The first-order valence-corrected chi connectivity index (χ1v) is 7.14. The van der Waals surface area contributed by atoms with Gasteiger partial charge in [0.25, 0.3) is 5.56 Å². The van der Waals surface area contributed by atoms with Crippen molar-refractivity contribution in [2.75, 3.05) is 13.1 Å². The predicted octanol–water partition coefficient (Wildman–Crippen LogP) is 0.346. The van der Waals surface area contributed by atoms with E-state index in [-0.39, 0.29) is 24.1 Å². The van der Waals surface area contributed by atoms with Gasteiger partial charge in [0.2, 0.25) is 5.91 Å². The number of aromatic nitrogens is 2. The zero-order valence-corrected chi connectivity index (χ0v) is 11.7. The first-order chi connectivity index (χ1) is 10.2. The van der Waals surface area contributed by atoms with Gasteiger partial charge >= 0.3 is 0 Å². The Morgan fingerprint density at radius 3 is 3.00 bits per heavy atom. The largest absolute Gasteiger partial charge is 0.337 e. The summed E-state index contributed by atoms with van der Waals surface area (Å²) in [6, 6.07) is 7.24. The van der Waals surface area contributed by atoms with Crippen molar-refractivity contribution in [3.05, 3.63) is 40.9 Å². The van der Waals surface area contributed by atoms with Gasteiger partial charge < -0.3 is 10.6 Å². The third-order valence-corrected chi connectivity index (χ3v) is 4.01. The zero-order chi connectivity index (χ0) is 14.8. The molecule has 0 spiro atoms. The molecule has 1 unspecified atom stereocenters. The molecule has 2 N–H and O–H groups in total. The minimum atomic E-state index is -0.183. The fourth-order valence-electron chi connectivity index (χ4n) is 2.86.